The molecule has 7 heteroatoms. The fourth-order valence-corrected chi connectivity index (χ4v) is 4.74. The number of carbonyl (C=O) groups excluding carboxylic acids is 1. The Labute approximate surface area is 182 Å². The predicted octanol–water partition coefficient (Wildman–Crippen LogP) is 4.09. The summed E-state index contributed by atoms with van der Waals surface area (Å²) in [5, 5.41) is 18.9. The fourth-order valence-electron chi connectivity index (χ4n) is 4.56. The Kier molecular flexibility index (Phi) is 6.64. The number of aromatic nitrogens is 2. The van der Waals surface area contributed by atoms with Gasteiger partial charge >= 0.3 is 0 Å². The van der Waals surface area contributed by atoms with Gasteiger partial charge in [0.05, 0.1) is 24.3 Å². The standard InChI is InChI=1S/C23H30ClN3O3/c24-18-5-4-6-20(13-18)30-12-8-19-14-21(26-25-19)17-7-11-27(16-17)22(28)15-23(29)9-2-1-3-10-23/h4-6,13-14,17,29H,1-3,7-12,15-16H2,(H,25,26). The Balaban J connectivity index is 1.25. The summed E-state index contributed by atoms with van der Waals surface area (Å²) in [6, 6.07) is 9.45. The number of rotatable bonds is 7. The summed E-state index contributed by atoms with van der Waals surface area (Å²) in [4.78, 5) is 14.6. The minimum atomic E-state index is -0.796. The minimum absolute atomic E-state index is 0.0765. The third kappa shape index (κ3) is 5.35. The number of ether oxygens (including phenoxy) is 1. The summed E-state index contributed by atoms with van der Waals surface area (Å²) in [6.07, 6.45) is 6.58. The smallest absolute Gasteiger partial charge is 0.225 e. The van der Waals surface area contributed by atoms with E-state index in [-0.39, 0.29) is 18.2 Å². The molecule has 0 radical (unpaired) electrons. The van der Waals surface area contributed by atoms with Crippen molar-refractivity contribution in [1.82, 2.24) is 15.1 Å². The highest BCUT2D eigenvalue weighted by atomic mass is 35.5. The number of likely N-dealkylation sites (tertiary alicyclic amines) is 1. The Morgan fingerprint density at radius 1 is 1.30 bits per heavy atom. The van der Waals surface area contributed by atoms with E-state index >= 15 is 0 Å². The van der Waals surface area contributed by atoms with Crippen LogP contribution in [0.15, 0.2) is 30.3 Å². The molecular formula is C23H30ClN3O3. The van der Waals surface area contributed by atoms with Gasteiger partial charge in [-0.3, -0.25) is 9.89 Å². The number of carbonyl (C=O) groups is 1. The Morgan fingerprint density at radius 2 is 2.13 bits per heavy atom. The van der Waals surface area contributed by atoms with Gasteiger partial charge < -0.3 is 14.7 Å². The Hall–Kier alpha value is -2.05. The topological polar surface area (TPSA) is 78.5 Å². The normalized spacial score (nSPS) is 21.0. The van der Waals surface area contributed by atoms with Gasteiger partial charge in [0.1, 0.15) is 5.75 Å². The molecular weight excluding hydrogens is 402 g/mol. The van der Waals surface area contributed by atoms with E-state index in [1.165, 1.54) is 0 Å². The second-order valence-electron chi connectivity index (χ2n) is 8.66. The first-order valence-electron chi connectivity index (χ1n) is 10.9. The monoisotopic (exact) mass is 431 g/mol. The molecule has 2 N–H and O–H groups in total. The van der Waals surface area contributed by atoms with Crippen LogP contribution in [0.2, 0.25) is 5.02 Å². The molecule has 1 aromatic heterocycles. The SMILES string of the molecule is O=C(CC1(O)CCCCC1)N1CCC(c2cc(CCOc3cccc(Cl)c3)[nH]n2)C1. The van der Waals surface area contributed by atoms with Gasteiger partial charge in [-0.15, -0.1) is 0 Å². The van der Waals surface area contributed by atoms with E-state index in [0.29, 0.717) is 18.2 Å². The van der Waals surface area contributed by atoms with Crippen LogP contribution in [0.25, 0.3) is 0 Å². The molecule has 0 spiro atoms. The van der Waals surface area contributed by atoms with Crippen LogP contribution in [0.3, 0.4) is 0 Å². The van der Waals surface area contributed by atoms with Gasteiger partial charge in [0.15, 0.2) is 0 Å². The minimum Gasteiger partial charge on any atom is -0.493 e. The van der Waals surface area contributed by atoms with Crippen molar-refractivity contribution in [3.63, 3.8) is 0 Å². The number of H-pyrrole nitrogens is 1. The van der Waals surface area contributed by atoms with Crippen LogP contribution in [-0.2, 0) is 11.2 Å². The molecule has 1 saturated heterocycles. The van der Waals surface area contributed by atoms with Crippen molar-refractivity contribution in [3.05, 3.63) is 46.7 Å². The van der Waals surface area contributed by atoms with Crippen LogP contribution in [-0.4, -0.2) is 51.4 Å². The lowest BCUT2D eigenvalue weighted by atomic mass is 9.82. The highest BCUT2D eigenvalue weighted by molar-refractivity contribution is 6.30. The third-order valence-corrected chi connectivity index (χ3v) is 6.55. The summed E-state index contributed by atoms with van der Waals surface area (Å²) >= 11 is 5.97. The van der Waals surface area contributed by atoms with Crippen LogP contribution in [0.5, 0.6) is 5.75 Å². The molecule has 2 aliphatic rings. The zero-order valence-electron chi connectivity index (χ0n) is 17.3. The summed E-state index contributed by atoms with van der Waals surface area (Å²) in [5.41, 5.74) is 1.23. The fraction of sp³-hybridized carbons (Fsp3) is 0.565. The quantitative estimate of drug-likeness (QED) is 0.692. The van der Waals surface area contributed by atoms with Gasteiger partial charge in [-0.05, 0) is 43.5 Å². The van der Waals surface area contributed by atoms with E-state index in [1.807, 2.05) is 23.1 Å². The van der Waals surface area contributed by atoms with Crippen molar-refractivity contribution in [1.29, 1.82) is 0 Å². The average Bonchev–Trinajstić information content (AvgIpc) is 3.38. The van der Waals surface area contributed by atoms with Gasteiger partial charge in [0, 0.05) is 36.1 Å². The maximum Gasteiger partial charge on any atom is 0.225 e. The lowest BCUT2D eigenvalue weighted by Crippen LogP contribution is -2.39. The highest BCUT2D eigenvalue weighted by Crippen LogP contribution is 2.33. The summed E-state index contributed by atoms with van der Waals surface area (Å²) in [5.74, 6) is 1.08. The van der Waals surface area contributed by atoms with Gasteiger partial charge in [-0.2, -0.15) is 5.10 Å². The molecule has 1 atom stereocenters. The zero-order chi connectivity index (χ0) is 21.0. The van der Waals surface area contributed by atoms with E-state index in [1.54, 1.807) is 6.07 Å². The Morgan fingerprint density at radius 3 is 2.93 bits per heavy atom. The lowest BCUT2D eigenvalue weighted by molar-refractivity contribution is -0.136. The second-order valence-corrected chi connectivity index (χ2v) is 9.10. The van der Waals surface area contributed by atoms with Crippen molar-refractivity contribution in [2.24, 2.45) is 0 Å². The van der Waals surface area contributed by atoms with E-state index in [9.17, 15) is 9.90 Å². The van der Waals surface area contributed by atoms with Gasteiger partial charge in [0.25, 0.3) is 0 Å². The van der Waals surface area contributed by atoms with Crippen LogP contribution in [0.1, 0.15) is 62.3 Å². The molecule has 2 heterocycles. The zero-order valence-corrected chi connectivity index (χ0v) is 18.0. The first-order valence-corrected chi connectivity index (χ1v) is 11.3. The number of aliphatic hydroxyl groups is 1. The van der Waals surface area contributed by atoms with Crippen molar-refractivity contribution in [2.45, 2.75) is 62.9 Å². The van der Waals surface area contributed by atoms with Crippen molar-refractivity contribution >= 4 is 17.5 Å². The number of aromatic amines is 1. The number of nitrogens with zero attached hydrogens (tertiary/aromatic N) is 2. The molecule has 4 rings (SSSR count). The van der Waals surface area contributed by atoms with E-state index in [2.05, 4.69) is 16.3 Å². The van der Waals surface area contributed by atoms with E-state index in [4.69, 9.17) is 16.3 Å². The van der Waals surface area contributed by atoms with E-state index in [0.717, 1.165) is 68.6 Å². The second kappa shape index (κ2) is 9.40. The molecule has 1 saturated carbocycles. The van der Waals surface area contributed by atoms with Crippen molar-refractivity contribution < 1.29 is 14.6 Å². The van der Waals surface area contributed by atoms with Crippen LogP contribution in [0, 0.1) is 0 Å². The third-order valence-electron chi connectivity index (χ3n) is 6.31. The molecule has 162 valence electrons. The molecule has 2 fully saturated rings. The van der Waals surface area contributed by atoms with Crippen LogP contribution >= 0.6 is 11.6 Å². The molecule has 30 heavy (non-hydrogen) atoms. The van der Waals surface area contributed by atoms with E-state index < -0.39 is 5.60 Å². The average molecular weight is 432 g/mol. The molecule has 1 unspecified atom stereocenters. The summed E-state index contributed by atoms with van der Waals surface area (Å²) in [6.45, 7) is 1.95. The first-order chi connectivity index (χ1) is 14.5. The summed E-state index contributed by atoms with van der Waals surface area (Å²) in [7, 11) is 0. The Bertz CT molecular complexity index is 863. The van der Waals surface area contributed by atoms with Crippen molar-refractivity contribution in [3.8, 4) is 5.75 Å². The number of benzene rings is 1. The van der Waals surface area contributed by atoms with Crippen molar-refractivity contribution in [2.75, 3.05) is 19.7 Å². The molecule has 1 aliphatic heterocycles. The molecule has 0 bridgehead atoms. The molecule has 1 aliphatic carbocycles. The predicted molar refractivity (Wildman–Crippen MR) is 116 cm³/mol. The molecule has 2 aromatic rings. The molecule has 6 nitrogen and oxygen atoms in total. The van der Waals surface area contributed by atoms with Gasteiger partial charge in [-0.25, -0.2) is 0 Å². The first kappa shape index (κ1) is 21.2. The molecule has 1 aromatic carbocycles. The van der Waals surface area contributed by atoms with Crippen LogP contribution in [0.4, 0.5) is 0 Å². The number of hydrogen-bond donors (Lipinski definition) is 2. The molecule has 1 amide bonds. The number of nitrogens with one attached hydrogen (secondary N) is 1. The van der Waals surface area contributed by atoms with Gasteiger partial charge in [0.2, 0.25) is 5.91 Å². The summed E-state index contributed by atoms with van der Waals surface area (Å²) < 4.78 is 5.75. The number of hydrogen-bond acceptors (Lipinski definition) is 4. The number of amides is 1. The maximum atomic E-state index is 12.7. The number of halogens is 1. The van der Waals surface area contributed by atoms with Gasteiger partial charge in [-0.1, -0.05) is 36.9 Å². The maximum absolute atomic E-state index is 12.7. The van der Waals surface area contributed by atoms with Crippen LogP contribution < -0.4 is 4.74 Å². The largest absolute Gasteiger partial charge is 0.493 e. The highest BCUT2D eigenvalue weighted by Gasteiger charge is 2.36. The lowest BCUT2D eigenvalue weighted by Gasteiger charge is -2.32.